The Morgan fingerprint density at radius 3 is 1.79 bits per heavy atom. The SMILES string of the molecule is CC[C@H](C(C#N)C#N)[C@H](C)C(C)(C)C. The van der Waals surface area contributed by atoms with E-state index in [0.717, 1.165) is 6.42 Å². The molecule has 2 atom stereocenters. The molecule has 0 aliphatic rings. The molecule has 0 unspecified atom stereocenters. The molecule has 0 amide bonds. The number of nitriles is 2. The van der Waals surface area contributed by atoms with E-state index in [4.69, 9.17) is 10.5 Å². The third kappa shape index (κ3) is 3.04. The zero-order chi connectivity index (χ0) is 11.4. The number of rotatable bonds is 3. The van der Waals surface area contributed by atoms with E-state index in [2.05, 4.69) is 46.8 Å². The minimum absolute atomic E-state index is 0.159. The first kappa shape index (κ1) is 13.0. The molecule has 0 aromatic rings. The summed E-state index contributed by atoms with van der Waals surface area (Å²) >= 11 is 0. The van der Waals surface area contributed by atoms with Crippen LogP contribution in [-0.2, 0) is 0 Å². The maximum absolute atomic E-state index is 8.87. The van der Waals surface area contributed by atoms with Crippen molar-refractivity contribution in [1.82, 2.24) is 0 Å². The molecule has 14 heavy (non-hydrogen) atoms. The Morgan fingerprint density at radius 1 is 1.14 bits per heavy atom. The van der Waals surface area contributed by atoms with Crippen LogP contribution in [0.15, 0.2) is 0 Å². The summed E-state index contributed by atoms with van der Waals surface area (Å²) < 4.78 is 0. The van der Waals surface area contributed by atoms with Gasteiger partial charge in [0.05, 0.1) is 12.1 Å². The van der Waals surface area contributed by atoms with Gasteiger partial charge < -0.3 is 0 Å². The molecular formula is C12H20N2. The predicted molar refractivity (Wildman–Crippen MR) is 57.1 cm³/mol. The summed E-state index contributed by atoms with van der Waals surface area (Å²) in [6.45, 7) is 10.7. The van der Waals surface area contributed by atoms with Gasteiger partial charge in [0, 0.05) is 0 Å². The van der Waals surface area contributed by atoms with Gasteiger partial charge >= 0.3 is 0 Å². The molecule has 0 saturated carbocycles. The lowest BCUT2D eigenvalue weighted by molar-refractivity contribution is 0.156. The topological polar surface area (TPSA) is 47.6 Å². The first-order valence-electron chi connectivity index (χ1n) is 5.17. The van der Waals surface area contributed by atoms with E-state index in [9.17, 15) is 0 Å². The molecular weight excluding hydrogens is 172 g/mol. The lowest BCUT2D eigenvalue weighted by atomic mass is 9.69. The van der Waals surface area contributed by atoms with E-state index in [-0.39, 0.29) is 11.3 Å². The summed E-state index contributed by atoms with van der Waals surface area (Å²) in [5.74, 6) is 0.107. The van der Waals surface area contributed by atoms with Gasteiger partial charge in [0.25, 0.3) is 0 Å². The van der Waals surface area contributed by atoms with Crippen LogP contribution in [0.3, 0.4) is 0 Å². The van der Waals surface area contributed by atoms with Gasteiger partial charge in [0.2, 0.25) is 0 Å². The average molecular weight is 192 g/mol. The Hall–Kier alpha value is -1.02. The predicted octanol–water partition coefficient (Wildman–Crippen LogP) is 3.36. The van der Waals surface area contributed by atoms with E-state index >= 15 is 0 Å². The molecule has 0 radical (unpaired) electrons. The van der Waals surface area contributed by atoms with Gasteiger partial charge in [-0.25, -0.2) is 0 Å². The lowest BCUT2D eigenvalue weighted by Gasteiger charge is -2.34. The van der Waals surface area contributed by atoms with Crippen molar-refractivity contribution < 1.29 is 0 Å². The van der Waals surface area contributed by atoms with Crippen molar-refractivity contribution in [2.45, 2.75) is 41.0 Å². The first-order chi connectivity index (χ1) is 6.38. The highest BCUT2D eigenvalue weighted by atomic mass is 14.4. The Labute approximate surface area is 87.5 Å². The van der Waals surface area contributed by atoms with Crippen molar-refractivity contribution in [2.24, 2.45) is 23.2 Å². The molecule has 78 valence electrons. The minimum Gasteiger partial charge on any atom is -0.197 e. The summed E-state index contributed by atoms with van der Waals surface area (Å²) in [5.41, 5.74) is 0.159. The van der Waals surface area contributed by atoms with Crippen molar-refractivity contribution in [3.8, 4) is 12.1 Å². The summed E-state index contributed by atoms with van der Waals surface area (Å²) in [4.78, 5) is 0. The minimum atomic E-state index is -0.464. The molecule has 0 aliphatic carbocycles. The first-order valence-corrected chi connectivity index (χ1v) is 5.17. The van der Waals surface area contributed by atoms with Gasteiger partial charge in [-0.1, -0.05) is 41.0 Å². The zero-order valence-electron chi connectivity index (χ0n) is 9.83. The summed E-state index contributed by atoms with van der Waals surface area (Å²) in [6, 6.07) is 4.19. The van der Waals surface area contributed by atoms with Gasteiger partial charge in [-0.2, -0.15) is 10.5 Å². The molecule has 0 N–H and O–H groups in total. The van der Waals surface area contributed by atoms with E-state index in [1.54, 1.807) is 0 Å². The van der Waals surface area contributed by atoms with Crippen molar-refractivity contribution in [3.05, 3.63) is 0 Å². The molecule has 2 nitrogen and oxygen atoms in total. The molecule has 0 bridgehead atoms. The Bertz CT molecular complexity index is 235. The standard InChI is InChI=1S/C12H20N2/c1-6-11(10(7-13)8-14)9(2)12(3,4)5/h9-11H,6H2,1-5H3/t9-,11-/m0/s1. The fraction of sp³-hybridized carbons (Fsp3) is 0.833. The monoisotopic (exact) mass is 192 g/mol. The number of nitrogens with zero attached hydrogens (tertiary/aromatic N) is 2. The smallest absolute Gasteiger partial charge is 0.136 e. The molecule has 0 aliphatic heterocycles. The normalized spacial score (nSPS) is 15.7. The largest absolute Gasteiger partial charge is 0.197 e. The highest BCUT2D eigenvalue weighted by Crippen LogP contribution is 2.36. The molecule has 0 fully saturated rings. The second-order valence-corrected chi connectivity index (χ2v) is 4.96. The van der Waals surface area contributed by atoms with Crippen LogP contribution in [0, 0.1) is 45.8 Å². The molecule has 0 saturated heterocycles. The third-order valence-corrected chi connectivity index (χ3v) is 3.19. The number of hydrogen-bond acceptors (Lipinski definition) is 2. The third-order valence-electron chi connectivity index (χ3n) is 3.19. The Morgan fingerprint density at radius 2 is 1.57 bits per heavy atom. The highest BCUT2D eigenvalue weighted by molar-refractivity contribution is 5.04. The molecule has 0 aromatic heterocycles. The van der Waals surface area contributed by atoms with Crippen LogP contribution in [0.5, 0.6) is 0 Å². The fourth-order valence-corrected chi connectivity index (χ4v) is 1.74. The molecule has 0 rings (SSSR count). The maximum Gasteiger partial charge on any atom is 0.136 e. The summed E-state index contributed by atoms with van der Waals surface area (Å²) in [5, 5.41) is 17.7. The quantitative estimate of drug-likeness (QED) is 0.688. The second kappa shape index (κ2) is 5.01. The van der Waals surface area contributed by atoms with Crippen LogP contribution in [-0.4, -0.2) is 0 Å². The van der Waals surface area contributed by atoms with Crippen molar-refractivity contribution in [3.63, 3.8) is 0 Å². The van der Waals surface area contributed by atoms with Crippen molar-refractivity contribution in [2.75, 3.05) is 0 Å². The maximum atomic E-state index is 8.87. The molecule has 2 heteroatoms. The van der Waals surface area contributed by atoms with Gasteiger partial charge in [-0.3, -0.25) is 0 Å². The highest BCUT2D eigenvalue weighted by Gasteiger charge is 2.32. The van der Waals surface area contributed by atoms with Crippen LogP contribution >= 0.6 is 0 Å². The van der Waals surface area contributed by atoms with Crippen molar-refractivity contribution >= 4 is 0 Å². The van der Waals surface area contributed by atoms with Crippen LogP contribution in [0.25, 0.3) is 0 Å². The van der Waals surface area contributed by atoms with Gasteiger partial charge in [0.1, 0.15) is 5.92 Å². The Balaban J connectivity index is 4.76. The molecule has 0 spiro atoms. The zero-order valence-corrected chi connectivity index (χ0v) is 9.83. The van der Waals surface area contributed by atoms with E-state index in [0.29, 0.717) is 5.92 Å². The van der Waals surface area contributed by atoms with Crippen molar-refractivity contribution in [1.29, 1.82) is 10.5 Å². The van der Waals surface area contributed by atoms with E-state index < -0.39 is 5.92 Å². The average Bonchev–Trinajstić information content (AvgIpc) is 2.11. The van der Waals surface area contributed by atoms with Crippen LogP contribution in [0.2, 0.25) is 0 Å². The van der Waals surface area contributed by atoms with Crippen LogP contribution in [0.4, 0.5) is 0 Å². The van der Waals surface area contributed by atoms with Gasteiger partial charge in [-0.15, -0.1) is 0 Å². The molecule has 0 heterocycles. The van der Waals surface area contributed by atoms with Crippen LogP contribution < -0.4 is 0 Å². The second-order valence-electron chi connectivity index (χ2n) is 4.96. The van der Waals surface area contributed by atoms with Gasteiger partial charge in [0.15, 0.2) is 0 Å². The summed E-state index contributed by atoms with van der Waals surface area (Å²) in [7, 11) is 0. The van der Waals surface area contributed by atoms with E-state index in [1.165, 1.54) is 0 Å². The van der Waals surface area contributed by atoms with Gasteiger partial charge in [-0.05, 0) is 17.3 Å². The van der Waals surface area contributed by atoms with E-state index in [1.807, 2.05) is 0 Å². The fourth-order valence-electron chi connectivity index (χ4n) is 1.74. The summed E-state index contributed by atoms with van der Waals surface area (Å²) in [6.07, 6.45) is 0.893. The van der Waals surface area contributed by atoms with Crippen LogP contribution in [0.1, 0.15) is 41.0 Å². The Kier molecular flexibility index (Phi) is 4.64. The lowest BCUT2D eigenvalue weighted by Crippen LogP contribution is -2.29. The number of hydrogen-bond donors (Lipinski definition) is 0. The molecule has 0 aromatic carbocycles.